The van der Waals surface area contributed by atoms with Gasteiger partial charge in [-0.1, -0.05) is 48.5 Å². The molecule has 0 aliphatic heterocycles. The minimum Gasteiger partial charge on any atom is -0.319 e. The number of anilines is 1. The molecule has 0 aliphatic rings. The van der Waals surface area contributed by atoms with Gasteiger partial charge in [0, 0.05) is 0 Å². The molecule has 1 atom stereocenters. The first-order valence-corrected chi connectivity index (χ1v) is 6.42. The van der Waals surface area contributed by atoms with E-state index in [4.69, 9.17) is 5.73 Å². The predicted octanol–water partition coefficient (Wildman–Crippen LogP) is 1.78. The van der Waals surface area contributed by atoms with Gasteiger partial charge in [0.1, 0.15) is 5.69 Å². The molecule has 6 heteroatoms. The number of nitrogens with two attached hydrogens (primary N) is 1. The van der Waals surface area contributed by atoms with Gasteiger partial charge in [0.05, 0.1) is 6.04 Å². The number of nitro groups is 1. The van der Waals surface area contributed by atoms with Crippen LogP contribution in [0.15, 0.2) is 60.7 Å². The first-order chi connectivity index (χ1) is 10.1. The standard InChI is InChI=1S/C15H15N3O3/c16-14(11-12-7-3-1-4-8-12)15(19)17(18(20)21)13-9-5-2-6-10-13/h1-10,14H,11,16H2/t14-/m1/s1. The number of hydrogen-bond donors (Lipinski definition) is 1. The normalized spacial score (nSPS) is 11.7. The van der Waals surface area contributed by atoms with Gasteiger partial charge < -0.3 is 5.73 Å². The van der Waals surface area contributed by atoms with Gasteiger partial charge in [-0.2, -0.15) is 0 Å². The van der Waals surface area contributed by atoms with Gasteiger partial charge >= 0.3 is 5.91 Å². The van der Waals surface area contributed by atoms with Gasteiger partial charge in [0.2, 0.25) is 0 Å². The number of hydrogen-bond acceptors (Lipinski definition) is 4. The molecule has 0 radical (unpaired) electrons. The number of hydrazine groups is 1. The lowest BCUT2D eigenvalue weighted by atomic mass is 10.1. The average molecular weight is 285 g/mol. The quantitative estimate of drug-likeness (QED) is 0.669. The van der Waals surface area contributed by atoms with Gasteiger partial charge in [0.15, 0.2) is 5.03 Å². The predicted molar refractivity (Wildman–Crippen MR) is 79.0 cm³/mol. The number of benzene rings is 2. The third kappa shape index (κ3) is 3.64. The van der Waals surface area contributed by atoms with Crippen LogP contribution in [0.2, 0.25) is 0 Å². The summed E-state index contributed by atoms with van der Waals surface area (Å²) in [6, 6.07) is 16.1. The highest BCUT2D eigenvalue weighted by Crippen LogP contribution is 2.15. The van der Waals surface area contributed by atoms with Crippen molar-refractivity contribution in [2.24, 2.45) is 5.73 Å². The summed E-state index contributed by atoms with van der Waals surface area (Å²) in [7, 11) is 0. The van der Waals surface area contributed by atoms with E-state index in [1.54, 1.807) is 18.2 Å². The Labute approximate surface area is 121 Å². The second-order valence-electron chi connectivity index (χ2n) is 4.52. The molecule has 2 rings (SSSR count). The van der Waals surface area contributed by atoms with Crippen molar-refractivity contribution in [3.8, 4) is 0 Å². The number of carbonyl (C=O) groups excluding carboxylic acids is 1. The second-order valence-corrected chi connectivity index (χ2v) is 4.52. The molecule has 0 aliphatic carbocycles. The molecule has 2 aromatic carbocycles. The monoisotopic (exact) mass is 285 g/mol. The fourth-order valence-corrected chi connectivity index (χ4v) is 1.98. The molecule has 2 N–H and O–H groups in total. The summed E-state index contributed by atoms with van der Waals surface area (Å²) in [5.41, 5.74) is 6.88. The Hall–Kier alpha value is -2.73. The van der Waals surface area contributed by atoms with Crippen molar-refractivity contribution in [1.82, 2.24) is 0 Å². The smallest absolute Gasteiger partial charge is 0.306 e. The van der Waals surface area contributed by atoms with Crippen molar-refractivity contribution in [3.63, 3.8) is 0 Å². The van der Waals surface area contributed by atoms with Crippen LogP contribution in [-0.4, -0.2) is 17.0 Å². The molecule has 21 heavy (non-hydrogen) atoms. The maximum atomic E-state index is 12.2. The van der Waals surface area contributed by atoms with Crippen molar-refractivity contribution in [2.45, 2.75) is 12.5 Å². The molecule has 0 heterocycles. The van der Waals surface area contributed by atoms with Crippen LogP contribution in [0, 0.1) is 10.1 Å². The summed E-state index contributed by atoms with van der Waals surface area (Å²) in [6.07, 6.45) is 0.247. The van der Waals surface area contributed by atoms with Crippen LogP contribution < -0.4 is 10.7 Å². The molecule has 0 aromatic heterocycles. The highest BCUT2D eigenvalue weighted by molar-refractivity contribution is 5.95. The Kier molecular flexibility index (Phi) is 4.63. The Morgan fingerprint density at radius 1 is 1.10 bits per heavy atom. The fourth-order valence-electron chi connectivity index (χ4n) is 1.98. The first-order valence-electron chi connectivity index (χ1n) is 6.42. The maximum absolute atomic E-state index is 12.2. The molecule has 1 amide bonds. The molecule has 0 saturated carbocycles. The van der Waals surface area contributed by atoms with E-state index in [0.717, 1.165) is 5.56 Å². The summed E-state index contributed by atoms with van der Waals surface area (Å²) >= 11 is 0. The van der Waals surface area contributed by atoms with Crippen LogP contribution in [0.5, 0.6) is 0 Å². The van der Waals surface area contributed by atoms with Crippen LogP contribution in [0.1, 0.15) is 5.56 Å². The molecule has 0 bridgehead atoms. The molecular formula is C15H15N3O3. The lowest BCUT2D eigenvalue weighted by Gasteiger charge is -2.16. The van der Waals surface area contributed by atoms with Gasteiger partial charge in [-0.3, -0.25) is 4.79 Å². The Morgan fingerprint density at radius 2 is 1.62 bits per heavy atom. The van der Waals surface area contributed by atoms with Crippen molar-refractivity contribution in [3.05, 3.63) is 76.3 Å². The third-order valence-electron chi connectivity index (χ3n) is 2.99. The zero-order chi connectivity index (χ0) is 15.2. The summed E-state index contributed by atoms with van der Waals surface area (Å²) in [4.78, 5) is 23.4. The number of para-hydroxylation sites is 1. The number of nitrogens with zero attached hydrogens (tertiary/aromatic N) is 2. The molecule has 0 unspecified atom stereocenters. The minimum absolute atomic E-state index is 0.191. The van der Waals surface area contributed by atoms with Crippen LogP contribution >= 0.6 is 0 Å². The van der Waals surface area contributed by atoms with E-state index < -0.39 is 17.0 Å². The van der Waals surface area contributed by atoms with Gasteiger partial charge in [0.25, 0.3) is 0 Å². The lowest BCUT2D eigenvalue weighted by molar-refractivity contribution is -0.484. The minimum atomic E-state index is -0.974. The SMILES string of the molecule is N[C@H](Cc1ccccc1)C(=O)N(c1ccccc1)[N+](=O)[O-]. The molecule has 108 valence electrons. The van der Waals surface area contributed by atoms with Crippen LogP contribution in [0.4, 0.5) is 5.69 Å². The lowest BCUT2D eigenvalue weighted by Crippen LogP contribution is -2.47. The van der Waals surface area contributed by atoms with E-state index in [2.05, 4.69) is 0 Å². The zero-order valence-electron chi connectivity index (χ0n) is 11.3. The largest absolute Gasteiger partial charge is 0.319 e. The van der Waals surface area contributed by atoms with Crippen LogP contribution in [-0.2, 0) is 11.2 Å². The van der Waals surface area contributed by atoms with Crippen molar-refractivity contribution >= 4 is 11.6 Å². The van der Waals surface area contributed by atoms with Crippen molar-refractivity contribution in [1.29, 1.82) is 0 Å². The summed E-state index contributed by atoms with van der Waals surface area (Å²) in [5.74, 6) is -0.741. The van der Waals surface area contributed by atoms with E-state index in [-0.39, 0.29) is 12.1 Å². The highest BCUT2D eigenvalue weighted by atomic mass is 16.7. The first kappa shape index (κ1) is 14.7. The summed E-state index contributed by atoms with van der Waals surface area (Å²) in [5, 5.41) is 10.9. The van der Waals surface area contributed by atoms with Gasteiger partial charge in [-0.05, 0) is 29.1 Å². The van der Waals surface area contributed by atoms with Crippen molar-refractivity contribution < 1.29 is 9.83 Å². The molecule has 0 spiro atoms. The fraction of sp³-hybridized carbons (Fsp3) is 0.133. The molecule has 0 fully saturated rings. The van der Waals surface area contributed by atoms with Crippen LogP contribution in [0.25, 0.3) is 0 Å². The zero-order valence-corrected chi connectivity index (χ0v) is 11.3. The average Bonchev–Trinajstić information content (AvgIpc) is 2.49. The highest BCUT2D eigenvalue weighted by Gasteiger charge is 2.31. The molecular weight excluding hydrogens is 270 g/mol. The summed E-state index contributed by atoms with van der Waals surface area (Å²) < 4.78 is 0. The van der Waals surface area contributed by atoms with Gasteiger partial charge in [-0.25, -0.2) is 10.1 Å². The Balaban J connectivity index is 2.17. The Bertz CT molecular complexity index is 617. The molecule has 0 saturated heterocycles. The molecule has 2 aromatic rings. The van der Waals surface area contributed by atoms with E-state index in [1.807, 2.05) is 30.3 Å². The molecule has 6 nitrogen and oxygen atoms in total. The number of amides is 1. The Morgan fingerprint density at radius 3 is 2.14 bits per heavy atom. The van der Waals surface area contributed by atoms with E-state index in [1.165, 1.54) is 12.1 Å². The second kappa shape index (κ2) is 6.62. The van der Waals surface area contributed by atoms with E-state index in [9.17, 15) is 14.9 Å². The summed E-state index contributed by atoms with van der Waals surface area (Å²) in [6.45, 7) is 0. The maximum Gasteiger partial charge on any atom is 0.306 e. The topological polar surface area (TPSA) is 89.5 Å². The van der Waals surface area contributed by atoms with Crippen LogP contribution in [0.3, 0.4) is 0 Å². The number of rotatable bonds is 5. The van der Waals surface area contributed by atoms with E-state index >= 15 is 0 Å². The number of carbonyl (C=O) groups is 1. The third-order valence-corrected chi connectivity index (χ3v) is 2.99. The van der Waals surface area contributed by atoms with Crippen molar-refractivity contribution in [2.75, 3.05) is 5.01 Å². The van der Waals surface area contributed by atoms with E-state index in [0.29, 0.717) is 5.01 Å². The van der Waals surface area contributed by atoms with Gasteiger partial charge in [-0.15, -0.1) is 0 Å².